The van der Waals surface area contributed by atoms with Crippen LogP contribution in [-0.2, 0) is 12.7 Å². The lowest BCUT2D eigenvalue weighted by Crippen LogP contribution is -2.28. The zero-order chi connectivity index (χ0) is 17.7. The number of amides is 2. The first-order chi connectivity index (χ1) is 11.3. The van der Waals surface area contributed by atoms with Gasteiger partial charge in [0.15, 0.2) is 0 Å². The molecule has 9 heteroatoms. The SMILES string of the molecule is COc1cc(CNC(=O)Nc2ccc(Cl)c(C(F)(F)F)c2)ccn1. The number of hydrogen-bond acceptors (Lipinski definition) is 3. The van der Waals surface area contributed by atoms with Gasteiger partial charge in [-0.3, -0.25) is 0 Å². The zero-order valence-corrected chi connectivity index (χ0v) is 13.2. The van der Waals surface area contributed by atoms with Crippen LogP contribution in [0.25, 0.3) is 0 Å². The summed E-state index contributed by atoms with van der Waals surface area (Å²) in [6, 6.07) is 5.79. The van der Waals surface area contributed by atoms with Crippen LogP contribution in [0.5, 0.6) is 5.88 Å². The molecule has 1 aromatic heterocycles. The molecule has 0 fully saturated rings. The van der Waals surface area contributed by atoms with Crippen LogP contribution in [-0.4, -0.2) is 18.1 Å². The summed E-state index contributed by atoms with van der Waals surface area (Å²) < 4.78 is 43.3. The van der Waals surface area contributed by atoms with Crippen molar-refractivity contribution >= 4 is 23.3 Å². The van der Waals surface area contributed by atoms with Gasteiger partial charge in [-0.15, -0.1) is 0 Å². The van der Waals surface area contributed by atoms with Crippen molar-refractivity contribution in [3.05, 3.63) is 52.7 Å². The largest absolute Gasteiger partial charge is 0.481 e. The lowest BCUT2D eigenvalue weighted by Gasteiger charge is -2.12. The average molecular weight is 360 g/mol. The second-order valence-electron chi connectivity index (χ2n) is 4.71. The molecule has 2 amide bonds. The molecule has 0 radical (unpaired) electrons. The van der Waals surface area contributed by atoms with Crippen molar-refractivity contribution < 1.29 is 22.7 Å². The Hall–Kier alpha value is -2.48. The Bertz CT molecular complexity index is 738. The first-order valence-corrected chi connectivity index (χ1v) is 7.08. The Morgan fingerprint density at radius 3 is 2.71 bits per heavy atom. The quantitative estimate of drug-likeness (QED) is 0.864. The van der Waals surface area contributed by atoms with Gasteiger partial charge in [-0.05, 0) is 29.8 Å². The second kappa shape index (κ2) is 7.39. The standard InChI is InChI=1S/C15H13ClF3N3O2/c1-24-13-6-9(4-5-20-13)8-21-14(23)22-10-2-3-12(16)11(7-10)15(17,18)19/h2-7H,8H2,1H3,(H2,21,22,23). The molecule has 0 bridgehead atoms. The van der Waals surface area contributed by atoms with Crippen molar-refractivity contribution in [2.75, 3.05) is 12.4 Å². The summed E-state index contributed by atoms with van der Waals surface area (Å²) in [5.41, 5.74) is -0.304. The monoisotopic (exact) mass is 359 g/mol. The molecule has 0 atom stereocenters. The van der Waals surface area contributed by atoms with Crippen molar-refractivity contribution in [3.63, 3.8) is 0 Å². The van der Waals surface area contributed by atoms with Gasteiger partial charge in [-0.1, -0.05) is 11.6 Å². The van der Waals surface area contributed by atoms with E-state index in [4.69, 9.17) is 16.3 Å². The molecule has 2 aromatic rings. The first kappa shape index (κ1) is 17.9. The van der Waals surface area contributed by atoms with Crippen molar-refractivity contribution in [3.8, 4) is 5.88 Å². The number of urea groups is 1. The molecule has 1 aromatic carbocycles. The lowest BCUT2D eigenvalue weighted by atomic mass is 10.2. The highest BCUT2D eigenvalue weighted by molar-refractivity contribution is 6.31. The molecule has 2 rings (SSSR count). The molecule has 24 heavy (non-hydrogen) atoms. The maximum Gasteiger partial charge on any atom is 0.417 e. The van der Waals surface area contributed by atoms with Crippen LogP contribution in [0, 0.1) is 0 Å². The molecule has 0 unspecified atom stereocenters. The van der Waals surface area contributed by atoms with E-state index in [1.165, 1.54) is 19.4 Å². The zero-order valence-electron chi connectivity index (χ0n) is 12.4. The van der Waals surface area contributed by atoms with Crippen LogP contribution < -0.4 is 15.4 Å². The number of pyridine rings is 1. The van der Waals surface area contributed by atoms with E-state index in [0.29, 0.717) is 5.88 Å². The van der Waals surface area contributed by atoms with Crippen molar-refractivity contribution in [1.29, 1.82) is 0 Å². The van der Waals surface area contributed by atoms with E-state index in [0.717, 1.165) is 17.7 Å². The van der Waals surface area contributed by atoms with Gasteiger partial charge in [-0.25, -0.2) is 9.78 Å². The minimum Gasteiger partial charge on any atom is -0.481 e. The molecule has 5 nitrogen and oxygen atoms in total. The molecule has 128 valence electrons. The number of halogens is 4. The van der Waals surface area contributed by atoms with E-state index in [1.807, 2.05) is 0 Å². The molecular weight excluding hydrogens is 347 g/mol. The minimum absolute atomic E-state index is 0.0171. The summed E-state index contributed by atoms with van der Waals surface area (Å²) in [4.78, 5) is 15.7. The molecular formula is C15H13ClF3N3O2. The normalized spacial score (nSPS) is 11.0. The number of benzene rings is 1. The molecule has 0 saturated carbocycles. The van der Waals surface area contributed by atoms with E-state index < -0.39 is 22.8 Å². The molecule has 2 N–H and O–H groups in total. The Balaban J connectivity index is 1.99. The number of carbonyl (C=O) groups excluding carboxylic acids is 1. The number of alkyl halides is 3. The first-order valence-electron chi connectivity index (χ1n) is 6.70. The molecule has 0 aliphatic carbocycles. The van der Waals surface area contributed by atoms with Gasteiger partial charge in [0.2, 0.25) is 5.88 Å². The maximum atomic E-state index is 12.8. The van der Waals surface area contributed by atoms with Crippen LogP contribution >= 0.6 is 11.6 Å². The van der Waals surface area contributed by atoms with Gasteiger partial charge in [0.1, 0.15) is 0 Å². The van der Waals surface area contributed by atoms with E-state index in [2.05, 4.69) is 15.6 Å². The summed E-state index contributed by atoms with van der Waals surface area (Å²) in [6.45, 7) is 0.157. The van der Waals surface area contributed by atoms with Crippen LogP contribution in [0.1, 0.15) is 11.1 Å². The van der Waals surface area contributed by atoms with E-state index >= 15 is 0 Å². The minimum atomic E-state index is -4.60. The van der Waals surface area contributed by atoms with E-state index in [1.54, 1.807) is 12.1 Å². The van der Waals surface area contributed by atoms with Crippen molar-refractivity contribution in [2.45, 2.75) is 12.7 Å². The maximum absolute atomic E-state index is 12.8. The predicted molar refractivity (Wildman–Crippen MR) is 83.1 cm³/mol. The van der Waals surface area contributed by atoms with Crippen molar-refractivity contribution in [2.24, 2.45) is 0 Å². The Morgan fingerprint density at radius 2 is 2.04 bits per heavy atom. The van der Waals surface area contributed by atoms with Gasteiger partial charge >= 0.3 is 12.2 Å². The molecule has 0 saturated heterocycles. The number of methoxy groups -OCH3 is 1. The van der Waals surface area contributed by atoms with Crippen LogP contribution in [0.15, 0.2) is 36.5 Å². The van der Waals surface area contributed by atoms with E-state index in [9.17, 15) is 18.0 Å². The fourth-order valence-electron chi connectivity index (χ4n) is 1.85. The number of anilines is 1. The average Bonchev–Trinajstić information content (AvgIpc) is 2.54. The highest BCUT2D eigenvalue weighted by atomic mass is 35.5. The number of rotatable bonds is 4. The fraction of sp³-hybridized carbons (Fsp3) is 0.200. The molecule has 0 spiro atoms. The summed E-state index contributed by atoms with van der Waals surface area (Å²) in [6.07, 6.45) is -3.08. The van der Waals surface area contributed by atoms with Crippen LogP contribution in [0.3, 0.4) is 0 Å². The number of nitrogens with one attached hydrogen (secondary N) is 2. The number of hydrogen-bond donors (Lipinski definition) is 2. The van der Waals surface area contributed by atoms with Gasteiger partial charge in [0.25, 0.3) is 0 Å². The van der Waals surface area contributed by atoms with Gasteiger partial charge < -0.3 is 15.4 Å². The summed E-state index contributed by atoms with van der Waals surface area (Å²) >= 11 is 5.52. The summed E-state index contributed by atoms with van der Waals surface area (Å²) in [5, 5.41) is 4.42. The van der Waals surface area contributed by atoms with Crippen LogP contribution in [0.2, 0.25) is 5.02 Å². The Labute approximate surface area is 140 Å². The second-order valence-corrected chi connectivity index (χ2v) is 5.11. The number of ether oxygens (including phenoxy) is 1. The molecule has 0 aliphatic heterocycles. The third-order valence-corrected chi connectivity index (χ3v) is 3.32. The number of nitrogens with zero attached hydrogens (tertiary/aromatic N) is 1. The third kappa shape index (κ3) is 4.76. The highest BCUT2D eigenvalue weighted by Gasteiger charge is 2.33. The van der Waals surface area contributed by atoms with Crippen molar-refractivity contribution in [1.82, 2.24) is 10.3 Å². The highest BCUT2D eigenvalue weighted by Crippen LogP contribution is 2.36. The lowest BCUT2D eigenvalue weighted by molar-refractivity contribution is -0.137. The van der Waals surface area contributed by atoms with Gasteiger partial charge in [-0.2, -0.15) is 13.2 Å². The topological polar surface area (TPSA) is 63.2 Å². The Morgan fingerprint density at radius 1 is 1.29 bits per heavy atom. The van der Waals surface area contributed by atoms with E-state index in [-0.39, 0.29) is 12.2 Å². The smallest absolute Gasteiger partial charge is 0.417 e. The fourth-order valence-corrected chi connectivity index (χ4v) is 2.07. The third-order valence-electron chi connectivity index (χ3n) is 2.99. The number of aromatic nitrogens is 1. The predicted octanol–water partition coefficient (Wildman–Crippen LogP) is 4.08. The Kier molecular flexibility index (Phi) is 5.50. The summed E-state index contributed by atoms with van der Waals surface area (Å²) in [5.74, 6) is 0.391. The molecule has 1 heterocycles. The molecule has 0 aliphatic rings. The van der Waals surface area contributed by atoms with Crippen LogP contribution in [0.4, 0.5) is 23.7 Å². The summed E-state index contributed by atoms with van der Waals surface area (Å²) in [7, 11) is 1.46. The number of carbonyl (C=O) groups is 1. The van der Waals surface area contributed by atoms with Gasteiger partial charge in [0.05, 0.1) is 17.7 Å². The van der Waals surface area contributed by atoms with Gasteiger partial charge in [0, 0.05) is 24.5 Å².